The van der Waals surface area contributed by atoms with Gasteiger partial charge in [0.1, 0.15) is 19.0 Å². The van der Waals surface area contributed by atoms with Crippen LogP contribution in [0.4, 0.5) is 17.1 Å². The van der Waals surface area contributed by atoms with E-state index in [-0.39, 0.29) is 50.9 Å². The molecule has 2 aliphatic heterocycles. The Morgan fingerprint density at radius 3 is 1.12 bits per heavy atom. The van der Waals surface area contributed by atoms with Gasteiger partial charge in [-0.25, -0.2) is 15.0 Å². The molecule has 48 heavy (non-hydrogen) atoms. The molecule has 3 aromatic rings. The van der Waals surface area contributed by atoms with Crippen molar-refractivity contribution in [3.8, 4) is 0 Å². The van der Waals surface area contributed by atoms with Crippen LogP contribution in [0.2, 0.25) is 0 Å². The predicted octanol–water partition coefficient (Wildman–Crippen LogP) is 2.32. The molecule has 0 amide bonds. The van der Waals surface area contributed by atoms with E-state index in [1.807, 2.05) is 0 Å². The molecule has 3 N–H and O–H groups in total. The molecule has 2 fully saturated rings. The monoisotopic (exact) mass is 730 g/mol. The van der Waals surface area contributed by atoms with Crippen LogP contribution < -0.4 is 29.6 Å². The van der Waals surface area contributed by atoms with E-state index in [0.717, 1.165) is 19.3 Å². The summed E-state index contributed by atoms with van der Waals surface area (Å²) in [6, 6.07) is 15.4. The molecule has 5 rings (SSSR count). The molecule has 0 aromatic heterocycles. The van der Waals surface area contributed by atoms with Crippen molar-refractivity contribution >= 4 is 47.4 Å². The fraction of sp³-hybridized carbons (Fsp3) is 0.308. The van der Waals surface area contributed by atoms with E-state index < -0.39 is 42.7 Å². The van der Waals surface area contributed by atoms with Gasteiger partial charge in [-0.1, -0.05) is 22.1 Å². The van der Waals surface area contributed by atoms with Crippen molar-refractivity contribution in [3.05, 3.63) is 72.8 Å². The fourth-order valence-corrected chi connectivity index (χ4v) is 6.31. The Labute approximate surface area is 298 Å². The maximum absolute atomic E-state index is 11.4. The van der Waals surface area contributed by atoms with Crippen LogP contribution in [0.5, 0.6) is 0 Å². The van der Waals surface area contributed by atoms with E-state index >= 15 is 0 Å². The van der Waals surface area contributed by atoms with Crippen LogP contribution in [0.25, 0.3) is 0 Å². The minimum absolute atomic E-state index is 0. The zero-order valence-corrected chi connectivity index (χ0v) is 29.8. The molecule has 250 valence electrons. The molecule has 0 spiro atoms. The van der Waals surface area contributed by atoms with E-state index in [4.69, 9.17) is 0 Å². The summed E-state index contributed by atoms with van der Waals surface area (Å²) in [7, 11) is -13.2. The van der Waals surface area contributed by atoms with Gasteiger partial charge in [0.15, 0.2) is 0 Å². The molecule has 0 radical (unpaired) electrons. The molecule has 0 saturated carbocycles. The predicted molar refractivity (Wildman–Crippen MR) is 163 cm³/mol. The van der Waals surface area contributed by atoms with Gasteiger partial charge < -0.3 is 0 Å². The molecule has 3 aromatic carbocycles. The standard InChI is InChI=1S/C26H29N9O9S3.Na/c36-45(37,38)22-12-6-19(7-13-22)27-30-33-18-34(31-28-20-8-14-23(15-9-20)46(39,40)41)26-5-3-1-2-4-25(33)35(26)32-29-21-10-16-24(17-11-21)47(42,43)44;/h6-17,25-26H,1-5,18H2,(H,36,37,38)(H,39,40,41)(H,42,43,44);/q;+1. The normalized spacial score (nSPS) is 19.4. The third-order valence-electron chi connectivity index (χ3n) is 7.23. The second kappa shape index (κ2) is 15.4. The SMILES string of the molecule is O=S(=O)(O)c1ccc(N=NN2CN(N=Nc3ccc(S(=O)(=O)O)cc3)C3CCCCCC2N3N=Nc2ccc(S(=O)(=O)O)cc2)cc1.[Na+]. The van der Waals surface area contributed by atoms with Crippen LogP contribution in [0.1, 0.15) is 32.1 Å². The third-order valence-corrected chi connectivity index (χ3v) is 9.83. The van der Waals surface area contributed by atoms with Gasteiger partial charge in [-0.15, -0.1) is 15.3 Å². The zero-order valence-electron chi connectivity index (χ0n) is 25.4. The Morgan fingerprint density at radius 2 is 0.812 bits per heavy atom. The third kappa shape index (κ3) is 9.60. The first kappa shape index (κ1) is 37.4. The summed E-state index contributed by atoms with van der Waals surface area (Å²) in [6.07, 6.45) is 2.80. The summed E-state index contributed by atoms with van der Waals surface area (Å²) in [5.41, 5.74) is 0.894. The van der Waals surface area contributed by atoms with Crippen molar-refractivity contribution in [2.75, 3.05) is 6.67 Å². The van der Waals surface area contributed by atoms with Crippen LogP contribution in [0, 0.1) is 0 Å². The molecular weight excluding hydrogens is 702 g/mol. The second-order valence-electron chi connectivity index (χ2n) is 10.5. The van der Waals surface area contributed by atoms with Crippen LogP contribution >= 0.6 is 0 Å². The Bertz CT molecular complexity index is 1900. The van der Waals surface area contributed by atoms with Gasteiger partial charge >= 0.3 is 29.6 Å². The van der Waals surface area contributed by atoms with Crippen molar-refractivity contribution in [2.24, 2.45) is 31.0 Å². The molecule has 22 heteroatoms. The quantitative estimate of drug-likeness (QED) is 0.163. The first-order valence-electron chi connectivity index (χ1n) is 14.0. The summed E-state index contributed by atoms with van der Waals surface area (Å²) in [4.78, 5) is -0.901. The molecule has 2 unspecified atom stereocenters. The molecule has 0 aliphatic carbocycles. The van der Waals surface area contributed by atoms with Gasteiger partial charge in [-0.3, -0.25) is 13.7 Å². The molecular formula is C26H29N9NaO9S3+. The van der Waals surface area contributed by atoms with Crippen molar-refractivity contribution in [2.45, 2.75) is 59.1 Å². The van der Waals surface area contributed by atoms with Crippen LogP contribution in [0.15, 0.2) is 118 Å². The summed E-state index contributed by atoms with van der Waals surface area (Å²) in [6.45, 7) is 0.0869. The van der Waals surface area contributed by atoms with Crippen molar-refractivity contribution in [1.29, 1.82) is 0 Å². The molecule has 2 heterocycles. The molecule has 2 saturated heterocycles. The Kier molecular flexibility index (Phi) is 12.0. The van der Waals surface area contributed by atoms with Gasteiger partial charge in [-0.2, -0.15) is 25.3 Å². The molecule has 2 bridgehead atoms. The summed E-state index contributed by atoms with van der Waals surface area (Å²) in [5, 5.41) is 30.9. The van der Waals surface area contributed by atoms with Crippen LogP contribution in [0.3, 0.4) is 0 Å². The van der Waals surface area contributed by atoms with Gasteiger partial charge in [0.2, 0.25) is 0 Å². The molecule has 18 nitrogen and oxygen atoms in total. The van der Waals surface area contributed by atoms with E-state index in [0.29, 0.717) is 29.9 Å². The van der Waals surface area contributed by atoms with Crippen molar-refractivity contribution in [1.82, 2.24) is 15.0 Å². The van der Waals surface area contributed by atoms with Gasteiger partial charge in [-0.05, 0) is 98.5 Å². The minimum Gasteiger partial charge on any atom is -0.282 e. The second-order valence-corrected chi connectivity index (χ2v) is 14.7. The van der Waals surface area contributed by atoms with Gasteiger partial charge in [0, 0.05) is 0 Å². The van der Waals surface area contributed by atoms with Gasteiger partial charge in [0.05, 0.1) is 31.7 Å². The average Bonchev–Trinajstić information content (AvgIpc) is 3.01. The Morgan fingerprint density at radius 1 is 0.500 bits per heavy atom. The van der Waals surface area contributed by atoms with E-state index in [9.17, 15) is 38.9 Å². The fourth-order valence-electron chi connectivity index (χ4n) is 4.87. The Hall–Kier alpha value is -3.41. The maximum atomic E-state index is 11.4. The first-order valence-corrected chi connectivity index (χ1v) is 18.3. The average molecular weight is 731 g/mol. The number of nitrogens with zero attached hydrogens (tertiary/aromatic N) is 9. The number of benzene rings is 3. The minimum atomic E-state index is -4.39. The Balaban J connectivity index is 0.00000520. The van der Waals surface area contributed by atoms with Crippen molar-refractivity contribution in [3.63, 3.8) is 0 Å². The van der Waals surface area contributed by atoms with Crippen molar-refractivity contribution < 1.29 is 68.5 Å². The smallest absolute Gasteiger partial charge is 0.282 e. The largest absolute Gasteiger partial charge is 1.00 e. The topological polar surface area (TPSA) is 247 Å². The summed E-state index contributed by atoms with van der Waals surface area (Å²) in [5.74, 6) is 0. The number of fused-ring (bicyclic) bond motifs is 2. The number of hydrogen-bond donors (Lipinski definition) is 3. The molecule has 2 aliphatic rings. The van der Waals surface area contributed by atoms with Gasteiger partial charge in [0.25, 0.3) is 30.4 Å². The number of hydrogen-bond acceptors (Lipinski definition) is 12. The first-order chi connectivity index (χ1) is 22.2. The summed E-state index contributed by atoms with van der Waals surface area (Å²) >= 11 is 0. The number of rotatable bonds is 9. The van der Waals surface area contributed by atoms with E-state index in [2.05, 4.69) is 31.0 Å². The van der Waals surface area contributed by atoms with Crippen LogP contribution in [-0.2, 0) is 30.4 Å². The van der Waals surface area contributed by atoms with E-state index in [1.165, 1.54) is 72.8 Å². The van der Waals surface area contributed by atoms with E-state index in [1.54, 1.807) is 15.0 Å². The summed E-state index contributed by atoms with van der Waals surface area (Å²) < 4.78 is 96.4. The maximum Gasteiger partial charge on any atom is 1.00 e. The van der Waals surface area contributed by atoms with Crippen LogP contribution in [-0.4, -0.2) is 72.9 Å². The zero-order chi connectivity index (χ0) is 33.8. The molecule has 2 atom stereocenters.